The zero-order valence-electron chi connectivity index (χ0n) is 15.6. The average Bonchev–Trinajstić information content (AvgIpc) is 3.53. The quantitative estimate of drug-likeness (QED) is 0.431. The second-order valence-corrected chi connectivity index (χ2v) is 8.41. The highest BCUT2D eigenvalue weighted by molar-refractivity contribution is 7.21. The van der Waals surface area contributed by atoms with Crippen molar-refractivity contribution in [2.24, 2.45) is 0 Å². The first kappa shape index (κ1) is 16.5. The number of benzene rings is 1. The lowest BCUT2D eigenvalue weighted by Crippen LogP contribution is -2.20. The fourth-order valence-corrected chi connectivity index (χ4v) is 5.64. The topological polar surface area (TPSA) is 61.9 Å². The van der Waals surface area contributed by atoms with Crippen molar-refractivity contribution in [3.05, 3.63) is 64.8 Å². The molecule has 6 rings (SSSR count). The van der Waals surface area contributed by atoms with Gasteiger partial charge in [0.1, 0.15) is 27.2 Å². The summed E-state index contributed by atoms with van der Waals surface area (Å²) >= 11 is 1.44. The maximum Gasteiger partial charge on any atom is 0.221 e. The Hall–Kier alpha value is -3.43. The number of hydrogen-bond acceptors (Lipinski definition) is 5. The molecule has 5 nitrogen and oxygen atoms in total. The van der Waals surface area contributed by atoms with Gasteiger partial charge < -0.3 is 9.47 Å². The van der Waals surface area contributed by atoms with E-state index in [9.17, 15) is 10.1 Å². The van der Waals surface area contributed by atoms with E-state index in [1.807, 2.05) is 53.2 Å². The molecule has 0 bridgehead atoms. The summed E-state index contributed by atoms with van der Waals surface area (Å²) in [5.74, 6) is 0.782. The molecular formula is C23H16N4OS. The maximum atomic E-state index is 12.9. The van der Waals surface area contributed by atoms with Crippen LogP contribution in [0.15, 0.2) is 48.7 Å². The minimum atomic E-state index is 0.0354. The Bertz CT molecular complexity index is 1340. The fraction of sp³-hybridized carbons (Fsp3) is 0.174. The molecule has 2 aliphatic heterocycles. The first-order valence-corrected chi connectivity index (χ1v) is 10.5. The first-order chi connectivity index (χ1) is 14.3. The van der Waals surface area contributed by atoms with Crippen molar-refractivity contribution >= 4 is 33.2 Å². The third-order valence-electron chi connectivity index (χ3n) is 5.80. The lowest BCUT2D eigenvalue weighted by atomic mass is 9.97. The van der Waals surface area contributed by atoms with E-state index < -0.39 is 0 Å². The summed E-state index contributed by atoms with van der Waals surface area (Å²) in [5.41, 5.74) is 4.00. The monoisotopic (exact) mass is 396 g/mol. The molecule has 0 atom stereocenters. The van der Waals surface area contributed by atoms with Crippen molar-refractivity contribution < 1.29 is 4.79 Å². The third kappa shape index (κ3) is 2.19. The van der Waals surface area contributed by atoms with Crippen molar-refractivity contribution in [1.82, 2.24) is 9.55 Å². The van der Waals surface area contributed by atoms with Gasteiger partial charge in [0.2, 0.25) is 5.78 Å². The maximum absolute atomic E-state index is 12.9. The predicted molar refractivity (Wildman–Crippen MR) is 114 cm³/mol. The molecule has 1 saturated heterocycles. The Balaban J connectivity index is 1.77. The van der Waals surface area contributed by atoms with E-state index in [1.54, 1.807) is 0 Å². The van der Waals surface area contributed by atoms with Crippen LogP contribution >= 0.6 is 11.3 Å². The van der Waals surface area contributed by atoms with Gasteiger partial charge in [-0.05, 0) is 30.5 Å². The molecule has 0 spiro atoms. The van der Waals surface area contributed by atoms with Gasteiger partial charge in [0.05, 0.1) is 11.4 Å². The van der Waals surface area contributed by atoms with E-state index >= 15 is 0 Å². The number of rotatable bonds is 2. The van der Waals surface area contributed by atoms with Crippen LogP contribution in [0.2, 0.25) is 0 Å². The number of fused-ring (bicyclic) bond motifs is 5. The lowest BCUT2D eigenvalue weighted by molar-refractivity contribution is 0.104. The summed E-state index contributed by atoms with van der Waals surface area (Å²) < 4.78 is 1.95. The Morgan fingerprint density at radius 3 is 2.62 bits per heavy atom. The molecule has 29 heavy (non-hydrogen) atoms. The largest absolute Gasteiger partial charge is 0.355 e. The van der Waals surface area contributed by atoms with E-state index in [2.05, 4.69) is 11.0 Å². The second-order valence-electron chi connectivity index (χ2n) is 7.41. The van der Waals surface area contributed by atoms with Gasteiger partial charge in [-0.25, -0.2) is 4.98 Å². The summed E-state index contributed by atoms with van der Waals surface area (Å²) in [5, 5.41) is 11.1. The van der Waals surface area contributed by atoms with Crippen LogP contribution in [-0.2, 0) is 0 Å². The molecule has 1 aromatic carbocycles. The SMILES string of the molecule is N#Cc1c(N2CCCC2)nc2sc3c(c2c1-c1ccccc1)-n1cccc1C3=O. The van der Waals surface area contributed by atoms with Gasteiger partial charge in [-0.15, -0.1) is 11.3 Å². The normalized spacial score (nSPS) is 15.0. The molecule has 0 unspecified atom stereocenters. The molecule has 1 fully saturated rings. The Morgan fingerprint density at radius 2 is 1.86 bits per heavy atom. The standard InChI is InChI=1S/C23H16N4OS/c24-13-15-17(14-7-2-1-3-8-14)18-19-21(20(28)16-9-6-12-27(16)19)29-23(18)25-22(15)26-10-4-5-11-26/h1-3,6-9,12H,4-5,10-11H2. The molecule has 0 amide bonds. The number of nitriles is 1. The zero-order chi connectivity index (χ0) is 19.5. The summed E-state index contributed by atoms with van der Waals surface area (Å²) in [7, 11) is 0. The van der Waals surface area contributed by atoms with Gasteiger partial charge in [-0.1, -0.05) is 30.3 Å². The van der Waals surface area contributed by atoms with Gasteiger partial charge in [0.15, 0.2) is 0 Å². The molecule has 0 saturated carbocycles. The molecular weight excluding hydrogens is 380 g/mol. The second kappa shape index (κ2) is 6.03. The van der Waals surface area contributed by atoms with Crippen LogP contribution in [0.4, 0.5) is 5.82 Å². The number of pyridine rings is 1. The lowest BCUT2D eigenvalue weighted by Gasteiger charge is -2.20. The van der Waals surface area contributed by atoms with Crippen molar-refractivity contribution in [2.45, 2.75) is 12.8 Å². The number of ketones is 1. The van der Waals surface area contributed by atoms with Crippen LogP contribution in [0.5, 0.6) is 0 Å². The number of thiophene rings is 1. The van der Waals surface area contributed by atoms with Gasteiger partial charge in [-0.2, -0.15) is 5.26 Å². The minimum absolute atomic E-state index is 0.0354. The Morgan fingerprint density at radius 1 is 1.07 bits per heavy atom. The molecule has 4 aromatic rings. The number of hydrogen-bond donors (Lipinski definition) is 0. The average molecular weight is 396 g/mol. The van der Waals surface area contributed by atoms with Crippen molar-refractivity contribution in [3.8, 4) is 22.9 Å². The molecule has 140 valence electrons. The van der Waals surface area contributed by atoms with E-state index in [0.29, 0.717) is 16.1 Å². The molecule has 6 heteroatoms. The highest BCUT2D eigenvalue weighted by Crippen LogP contribution is 2.47. The molecule has 2 aliphatic rings. The van der Waals surface area contributed by atoms with Crippen molar-refractivity contribution in [2.75, 3.05) is 18.0 Å². The first-order valence-electron chi connectivity index (χ1n) is 9.71. The minimum Gasteiger partial charge on any atom is -0.355 e. The predicted octanol–water partition coefficient (Wildman–Crippen LogP) is 4.77. The Kier molecular flexibility index (Phi) is 3.44. The highest BCUT2D eigenvalue weighted by Gasteiger charge is 2.34. The number of carbonyl (C=O) groups excluding carboxylic acids is 1. The third-order valence-corrected chi connectivity index (χ3v) is 6.88. The van der Waals surface area contributed by atoms with Gasteiger partial charge >= 0.3 is 0 Å². The van der Waals surface area contributed by atoms with Gasteiger partial charge in [0.25, 0.3) is 0 Å². The van der Waals surface area contributed by atoms with Crippen molar-refractivity contribution in [1.29, 1.82) is 5.26 Å². The highest BCUT2D eigenvalue weighted by atomic mass is 32.1. The summed E-state index contributed by atoms with van der Waals surface area (Å²) in [6, 6.07) is 16.2. The van der Waals surface area contributed by atoms with E-state index in [-0.39, 0.29) is 5.78 Å². The van der Waals surface area contributed by atoms with Crippen LogP contribution in [0, 0.1) is 11.3 Å². The molecule has 0 radical (unpaired) electrons. The van der Waals surface area contributed by atoms with Crippen LogP contribution in [-0.4, -0.2) is 28.4 Å². The number of nitrogens with zero attached hydrogens (tertiary/aromatic N) is 4. The number of aromatic nitrogens is 2. The summed E-state index contributed by atoms with van der Waals surface area (Å²) in [6.45, 7) is 1.82. The van der Waals surface area contributed by atoms with Crippen LogP contribution in [0.25, 0.3) is 27.0 Å². The van der Waals surface area contributed by atoms with E-state index in [0.717, 1.165) is 58.8 Å². The van der Waals surface area contributed by atoms with Crippen LogP contribution < -0.4 is 4.90 Å². The van der Waals surface area contributed by atoms with Gasteiger partial charge in [-0.3, -0.25) is 4.79 Å². The van der Waals surface area contributed by atoms with E-state index in [1.165, 1.54) is 11.3 Å². The molecule has 5 heterocycles. The summed E-state index contributed by atoms with van der Waals surface area (Å²) in [6.07, 6.45) is 4.13. The Labute approximate surface area is 171 Å². The smallest absolute Gasteiger partial charge is 0.221 e. The van der Waals surface area contributed by atoms with Crippen LogP contribution in [0.1, 0.15) is 33.8 Å². The molecule has 3 aromatic heterocycles. The molecule has 0 aliphatic carbocycles. The number of carbonyl (C=O) groups is 1. The van der Waals surface area contributed by atoms with Crippen LogP contribution in [0.3, 0.4) is 0 Å². The van der Waals surface area contributed by atoms with Crippen molar-refractivity contribution in [3.63, 3.8) is 0 Å². The van der Waals surface area contributed by atoms with E-state index in [4.69, 9.17) is 4.98 Å². The fourth-order valence-electron chi connectivity index (χ4n) is 4.52. The zero-order valence-corrected chi connectivity index (χ0v) is 16.4. The van der Waals surface area contributed by atoms with Gasteiger partial charge in [0, 0.05) is 30.2 Å². The summed E-state index contributed by atoms with van der Waals surface area (Å²) in [4.78, 5) is 21.6. The molecule has 0 N–H and O–H groups in total. The number of anilines is 1.